The number of nitrogens with zero attached hydrogens (tertiary/aromatic N) is 2. The monoisotopic (exact) mass is 409 g/mol. The summed E-state index contributed by atoms with van der Waals surface area (Å²) in [5.41, 5.74) is 4.55. The maximum absolute atomic E-state index is 13.5. The van der Waals surface area contributed by atoms with Crippen LogP contribution in [-0.2, 0) is 11.3 Å². The number of carbonyl (C=O) groups is 1. The first kappa shape index (κ1) is 20.0. The minimum atomic E-state index is -0.295. The molecule has 1 aliphatic heterocycles. The maximum atomic E-state index is 13.5. The lowest BCUT2D eigenvalue weighted by molar-refractivity contribution is -0.130. The Morgan fingerprint density at radius 3 is 2.55 bits per heavy atom. The van der Waals surface area contributed by atoms with Gasteiger partial charge < -0.3 is 9.47 Å². The molecule has 0 N–H and O–H groups in total. The highest BCUT2D eigenvalue weighted by molar-refractivity contribution is 8.00. The van der Waals surface area contributed by atoms with Gasteiger partial charge in [-0.3, -0.25) is 9.18 Å². The van der Waals surface area contributed by atoms with E-state index in [1.807, 2.05) is 36.9 Å². The molecule has 4 rings (SSSR count). The van der Waals surface area contributed by atoms with E-state index < -0.39 is 0 Å². The Hall–Kier alpha value is -2.27. The molecule has 0 spiro atoms. The highest BCUT2D eigenvalue weighted by Gasteiger charge is 2.36. The van der Waals surface area contributed by atoms with Crippen molar-refractivity contribution >= 4 is 28.6 Å². The van der Waals surface area contributed by atoms with Crippen LogP contribution in [0.5, 0.6) is 0 Å². The number of para-hydroxylation sites is 1. The topological polar surface area (TPSA) is 25.2 Å². The fourth-order valence-corrected chi connectivity index (χ4v) is 5.62. The number of alkyl halides is 1. The number of aryl methyl sites for hydroxylation is 1. The summed E-state index contributed by atoms with van der Waals surface area (Å²) in [5.74, 6) is 0.169. The SMILES string of the molecule is CCN(CC)C(=O)C1Sc2ccccc2-c2c1c1ccccc1n2CCCC[18F]. The molecule has 1 aliphatic rings. The van der Waals surface area contributed by atoms with Crippen LogP contribution in [0.25, 0.3) is 22.2 Å². The number of rotatable bonds is 7. The molecule has 0 aliphatic carbocycles. The predicted octanol–water partition coefficient (Wildman–Crippen LogP) is 6.07. The van der Waals surface area contributed by atoms with E-state index in [1.54, 1.807) is 11.8 Å². The minimum absolute atomic E-state index is 0.169. The molecule has 0 saturated carbocycles. The number of likely N-dealkylation sites (N-methyl/N-ethyl adjacent to an activating group) is 1. The van der Waals surface area contributed by atoms with Crippen molar-refractivity contribution in [1.29, 1.82) is 0 Å². The zero-order valence-corrected chi connectivity index (χ0v) is 17.8. The summed E-state index contributed by atoms with van der Waals surface area (Å²) in [6.45, 7) is 5.94. The van der Waals surface area contributed by atoms with Crippen LogP contribution in [0, 0.1) is 0 Å². The van der Waals surface area contributed by atoms with E-state index in [-0.39, 0.29) is 17.8 Å². The second-order valence-electron chi connectivity index (χ2n) is 7.33. The van der Waals surface area contributed by atoms with Crippen LogP contribution in [-0.4, -0.2) is 35.1 Å². The third-order valence-corrected chi connectivity index (χ3v) is 7.01. The Morgan fingerprint density at radius 1 is 1.07 bits per heavy atom. The first-order chi connectivity index (χ1) is 14.2. The average molecular weight is 410 g/mol. The molecule has 0 saturated heterocycles. The van der Waals surface area contributed by atoms with Gasteiger partial charge in [0.25, 0.3) is 0 Å². The number of unbranched alkanes of at least 4 members (excludes halogenated alkanes) is 1. The van der Waals surface area contributed by atoms with Crippen molar-refractivity contribution in [3.8, 4) is 11.3 Å². The van der Waals surface area contributed by atoms with Gasteiger partial charge >= 0.3 is 0 Å². The van der Waals surface area contributed by atoms with Gasteiger partial charge in [-0.25, -0.2) is 0 Å². The number of thioether (sulfide) groups is 1. The molecular weight excluding hydrogens is 382 g/mol. The van der Waals surface area contributed by atoms with Gasteiger partial charge in [0.15, 0.2) is 0 Å². The van der Waals surface area contributed by atoms with Gasteiger partial charge in [-0.2, -0.15) is 0 Å². The van der Waals surface area contributed by atoms with E-state index in [2.05, 4.69) is 34.9 Å². The van der Waals surface area contributed by atoms with E-state index in [4.69, 9.17) is 0 Å². The molecule has 5 heteroatoms. The summed E-state index contributed by atoms with van der Waals surface area (Å²) in [5, 5.41) is 0.877. The van der Waals surface area contributed by atoms with Crippen LogP contribution in [0.1, 0.15) is 37.5 Å². The number of carbonyl (C=O) groups excluding carboxylic acids is 1. The van der Waals surface area contributed by atoms with Crippen LogP contribution in [0.2, 0.25) is 0 Å². The van der Waals surface area contributed by atoms with Crippen molar-refractivity contribution in [3.05, 3.63) is 54.1 Å². The van der Waals surface area contributed by atoms with Gasteiger partial charge in [-0.15, -0.1) is 11.8 Å². The van der Waals surface area contributed by atoms with Crippen LogP contribution in [0.4, 0.5) is 4.39 Å². The normalized spacial score (nSPS) is 15.2. The fourth-order valence-electron chi connectivity index (χ4n) is 4.31. The molecule has 0 fully saturated rings. The quantitative estimate of drug-likeness (QED) is 0.442. The molecule has 152 valence electrons. The van der Waals surface area contributed by atoms with Gasteiger partial charge in [0.05, 0.1) is 12.4 Å². The molecule has 1 amide bonds. The summed E-state index contributed by atoms with van der Waals surface area (Å²) in [7, 11) is 0. The van der Waals surface area contributed by atoms with E-state index in [0.717, 1.165) is 40.0 Å². The summed E-state index contributed by atoms with van der Waals surface area (Å²) in [6, 6.07) is 16.7. The molecule has 3 aromatic rings. The molecule has 1 atom stereocenters. The van der Waals surface area contributed by atoms with Crippen molar-refractivity contribution in [2.45, 2.75) is 43.4 Å². The Labute approximate surface area is 175 Å². The minimum Gasteiger partial charge on any atom is -0.342 e. The van der Waals surface area contributed by atoms with E-state index in [9.17, 15) is 9.18 Å². The van der Waals surface area contributed by atoms with Gasteiger partial charge in [0.1, 0.15) is 5.25 Å². The highest BCUT2D eigenvalue weighted by Crippen LogP contribution is 2.53. The molecule has 3 nitrogen and oxygen atoms in total. The van der Waals surface area contributed by atoms with Crippen molar-refractivity contribution in [1.82, 2.24) is 9.47 Å². The molecular formula is C24H27FN2OS. The standard InChI is InChI=1S/C24H27FN2OS/c1-3-26(4-2)24(28)23-21-17-11-5-7-13-19(17)27(16-10-9-15-25)22(21)18-12-6-8-14-20(18)29-23/h5-8,11-14,23H,3-4,9-10,15-16H2,1-2H3/i25-1. The lowest BCUT2D eigenvalue weighted by Crippen LogP contribution is -2.34. The Morgan fingerprint density at radius 2 is 1.79 bits per heavy atom. The summed E-state index contributed by atoms with van der Waals surface area (Å²) >= 11 is 1.66. The van der Waals surface area contributed by atoms with Crippen LogP contribution >= 0.6 is 11.8 Å². The van der Waals surface area contributed by atoms with Crippen molar-refractivity contribution in [3.63, 3.8) is 0 Å². The van der Waals surface area contributed by atoms with E-state index in [1.165, 1.54) is 5.56 Å². The molecule has 1 aromatic heterocycles. The summed E-state index contributed by atoms with van der Waals surface area (Å²) < 4.78 is 15.1. The molecule has 0 bridgehead atoms. The van der Waals surface area contributed by atoms with Gasteiger partial charge in [0.2, 0.25) is 5.91 Å². The number of hydrogen-bond acceptors (Lipinski definition) is 2. The van der Waals surface area contributed by atoms with Crippen LogP contribution < -0.4 is 0 Å². The Balaban J connectivity index is 1.95. The van der Waals surface area contributed by atoms with Crippen LogP contribution in [0.15, 0.2) is 53.4 Å². The Bertz CT molecular complexity index is 1020. The van der Waals surface area contributed by atoms with Crippen molar-refractivity contribution in [2.24, 2.45) is 0 Å². The fraction of sp³-hybridized carbons (Fsp3) is 0.375. The van der Waals surface area contributed by atoms with Gasteiger partial charge in [-0.05, 0) is 38.8 Å². The number of benzene rings is 2. The van der Waals surface area contributed by atoms with E-state index >= 15 is 0 Å². The average Bonchev–Trinajstić information content (AvgIpc) is 3.09. The Kier molecular flexibility index (Phi) is 5.95. The first-order valence-electron chi connectivity index (χ1n) is 10.4. The zero-order chi connectivity index (χ0) is 20.4. The van der Waals surface area contributed by atoms with Crippen molar-refractivity contribution < 1.29 is 9.18 Å². The lowest BCUT2D eigenvalue weighted by Gasteiger charge is -2.30. The number of fused-ring (bicyclic) bond motifs is 5. The number of hydrogen-bond donors (Lipinski definition) is 0. The first-order valence-corrected chi connectivity index (χ1v) is 11.3. The van der Waals surface area contributed by atoms with Gasteiger partial charge in [-0.1, -0.05) is 36.4 Å². The smallest absolute Gasteiger partial charge is 0.240 e. The summed E-state index contributed by atoms with van der Waals surface area (Å²) in [4.78, 5) is 16.6. The third kappa shape index (κ3) is 3.46. The van der Waals surface area contributed by atoms with Crippen molar-refractivity contribution in [2.75, 3.05) is 19.8 Å². The predicted molar refractivity (Wildman–Crippen MR) is 119 cm³/mol. The molecule has 29 heavy (non-hydrogen) atoms. The number of aromatic nitrogens is 1. The van der Waals surface area contributed by atoms with E-state index in [0.29, 0.717) is 19.5 Å². The largest absolute Gasteiger partial charge is 0.342 e. The second-order valence-corrected chi connectivity index (χ2v) is 8.48. The molecule has 0 radical (unpaired) electrons. The molecule has 2 aromatic carbocycles. The van der Waals surface area contributed by atoms with Crippen LogP contribution in [0.3, 0.4) is 0 Å². The number of amides is 1. The third-order valence-electron chi connectivity index (χ3n) is 5.72. The molecule has 1 unspecified atom stereocenters. The summed E-state index contributed by atoms with van der Waals surface area (Å²) in [6.07, 6.45) is 1.34. The maximum Gasteiger partial charge on any atom is 0.240 e. The van der Waals surface area contributed by atoms with Gasteiger partial charge in [0, 0.05) is 46.6 Å². The molecule has 2 heterocycles. The lowest BCUT2D eigenvalue weighted by atomic mass is 10.0. The highest BCUT2D eigenvalue weighted by atomic mass is 32.2. The second kappa shape index (κ2) is 8.62. The zero-order valence-electron chi connectivity index (χ0n) is 17.0. The number of halogens is 1.